The van der Waals surface area contributed by atoms with E-state index in [1.807, 2.05) is 22.7 Å². The van der Waals surface area contributed by atoms with Crippen LogP contribution < -0.4 is 0 Å². The molecule has 0 aliphatic rings. The van der Waals surface area contributed by atoms with Crippen LogP contribution in [0.4, 0.5) is 0 Å². The first-order valence-corrected chi connectivity index (χ1v) is 14.9. The van der Waals surface area contributed by atoms with E-state index in [1.165, 1.54) is 89.2 Å². The third kappa shape index (κ3) is 2.50. The van der Waals surface area contributed by atoms with Crippen molar-refractivity contribution in [3.8, 4) is 0 Å². The first-order chi connectivity index (χ1) is 19.3. The van der Waals surface area contributed by atoms with Crippen molar-refractivity contribution in [3.63, 3.8) is 0 Å². The lowest BCUT2D eigenvalue weighted by Crippen LogP contribution is -1.86. The molecule has 0 bridgehead atoms. The maximum absolute atomic E-state index is 2.57. The van der Waals surface area contributed by atoms with Gasteiger partial charge in [0.25, 0.3) is 0 Å². The van der Waals surface area contributed by atoms with Gasteiger partial charge >= 0.3 is 0 Å². The molecule has 39 heavy (non-hydrogen) atoms. The SMILES string of the molecule is c1ccc2c(c1)sc1cc3c(cc12)c1ccc2sc4cccc5c6ccccc6c6ccccc6n3c1c2c45. The van der Waals surface area contributed by atoms with E-state index < -0.39 is 0 Å². The van der Waals surface area contributed by atoms with Crippen LogP contribution in [0.25, 0.3) is 89.2 Å². The monoisotopic (exact) mass is 529 g/mol. The summed E-state index contributed by atoms with van der Waals surface area (Å²) in [4.78, 5) is 0. The van der Waals surface area contributed by atoms with E-state index in [4.69, 9.17) is 0 Å². The van der Waals surface area contributed by atoms with Crippen molar-refractivity contribution in [1.29, 1.82) is 0 Å². The molecule has 4 aromatic heterocycles. The smallest absolute Gasteiger partial charge is 0.0634 e. The van der Waals surface area contributed by atoms with Crippen molar-refractivity contribution in [2.75, 3.05) is 0 Å². The predicted molar refractivity (Wildman–Crippen MR) is 173 cm³/mol. The Hall–Kier alpha value is -4.44. The summed E-state index contributed by atoms with van der Waals surface area (Å²) in [5, 5.41) is 13.3. The van der Waals surface area contributed by atoms with E-state index in [-0.39, 0.29) is 0 Å². The fourth-order valence-electron chi connectivity index (χ4n) is 6.95. The molecule has 6 aromatic carbocycles. The highest BCUT2D eigenvalue weighted by atomic mass is 32.1. The molecule has 0 atom stereocenters. The van der Waals surface area contributed by atoms with Crippen molar-refractivity contribution >= 4 is 112 Å². The molecule has 0 amide bonds. The largest absolute Gasteiger partial charge is 0.308 e. The molecule has 180 valence electrons. The summed E-state index contributed by atoms with van der Waals surface area (Å²) in [7, 11) is 0. The first kappa shape index (κ1) is 20.5. The Labute approximate surface area is 230 Å². The molecular formula is C36H19NS2. The fourth-order valence-corrected chi connectivity index (χ4v) is 9.20. The van der Waals surface area contributed by atoms with Crippen molar-refractivity contribution in [2.24, 2.45) is 0 Å². The average molecular weight is 530 g/mol. The standard InChI is InChI=1S/C36H19NS2/c1-2-9-21-20(8-1)22-10-3-5-13-28(22)37-29-19-33-27(23-11-4-6-14-30(23)38-33)18-26(29)25-16-17-32-35(36(25)37)34-24(21)12-7-15-31(34)39-32/h1-19H. The van der Waals surface area contributed by atoms with Crippen LogP contribution in [0, 0.1) is 0 Å². The maximum atomic E-state index is 2.57. The Morgan fingerprint density at radius 1 is 0.359 bits per heavy atom. The fraction of sp³-hybridized carbons (Fsp3) is 0. The van der Waals surface area contributed by atoms with E-state index >= 15 is 0 Å². The van der Waals surface area contributed by atoms with Gasteiger partial charge in [0.15, 0.2) is 0 Å². The summed E-state index contributed by atoms with van der Waals surface area (Å²) in [5.41, 5.74) is 3.84. The maximum Gasteiger partial charge on any atom is 0.0634 e. The van der Waals surface area contributed by atoms with Gasteiger partial charge in [-0.2, -0.15) is 0 Å². The summed E-state index contributed by atoms with van der Waals surface area (Å²) in [5.74, 6) is 0. The number of thiophene rings is 2. The van der Waals surface area contributed by atoms with Crippen LogP contribution in [-0.4, -0.2) is 4.40 Å². The van der Waals surface area contributed by atoms with Gasteiger partial charge in [-0.1, -0.05) is 78.9 Å². The number of benzene rings is 6. The zero-order chi connectivity index (χ0) is 25.2. The molecule has 0 saturated carbocycles. The second-order valence-corrected chi connectivity index (χ2v) is 12.6. The molecule has 0 N–H and O–H groups in total. The van der Waals surface area contributed by atoms with Crippen LogP contribution in [0.5, 0.6) is 0 Å². The van der Waals surface area contributed by atoms with E-state index in [9.17, 15) is 0 Å². The Morgan fingerprint density at radius 2 is 1.03 bits per heavy atom. The Bertz CT molecular complexity index is 2660. The molecule has 0 radical (unpaired) electrons. The van der Waals surface area contributed by atoms with Crippen molar-refractivity contribution in [2.45, 2.75) is 0 Å². The van der Waals surface area contributed by atoms with Crippen molar-refractivity contribution in [3.05, 3.63) is 115 Å². The van der Waals surface area contributed by atoms with Crippen molar-refractivity contribution in [1.82, 2.24) is 4.40 Å². The summed E-state index contributed by atoms with van der Waals surface area (Å²) in [6, 6.07) is 43.1. The molecule has 0 saturated heterocycles. The molecule has 10 aromatic rings. The van der Waals surface area contributed by atoms with Crippen LogP contribution >= 0.6 is 22.7 Å². The van der Waals surface area contributed by atoms with Crippen LogP contribution in [0.2, 0.25) is 0 Å². The van der Waals surface area contributed by atoms with Crippen LogP contribution in [-0.2, 0) is 0 Å². The summed E-state index contributed by atoms with van der Waals surface area (Å²) in [6.45, 7) is 0. The van der Waals surface area contributed by atoms with Gasteiger partial charge in [-0.05, 0) is 52.6 Å². The number of rotatable bonds is 0. The molecule has 0 spiro atoms. The molecular weight excluding hydrogens is 511 g/mol. The number of hydrogen-bond donors (Lipinski definition) is 0. The molecule has 0 aliphatic heterocycles. The van der Waals surface area contributed by atoms with Gasteiger partial charge in [0.1, 0.15) is 0 Å². The van der Waals surface area contributed by atoms with Gasteiger partial charge in [0.2, 0.25) is 0 Å². The van der Waals surface area contributed by atoms with Gasteiger partial charge in [0.05, 0.1) is 16.6 Å². The number of fused-ring (bicyclic) bond motifs is 11. The lowest BCUT2D eigenvalue weighted by molar-refractivity contribution is 1.36. The van der Waals surface area contributed by atoms with Gasteiger partial charge < -0.3 is 4.40 Å². The van der Waals surface area contributed by atoms with Gasteiger partial charge in [0, 0.05) is 56.5 Å². The number of hydrogen-bond acceptors (Lipinski definition) is 2. The average Bonchev–Trinajstić information content (AvgIpc) is 3.65. The highest BCUT2D eigenvalue weighted by Gasteiger charge is 2.20. The zero-order valence-corrected chi connectivity index (χ0v) is 22.4. The first-order valence-electron chi connectivity index (χ1n) is 13.3. The lowest BCUT2D eigenvalue weighted by atomic mass is 10.0. The van der Waals surface area contributed by atoms with E-state index in [2.05, 4.69) is 120 Å². The third-order valence-electron chi connectivity index (χ3n) is 8.54. The lowest BCUT2D eigenvalue weighted by Gasteiger charge is -2.04. The van der Waals surface area contributed by atoms with Crippen molar-refractivity contribution < 1.29 is 0 Å². The third-order valence-corrected chi connectivity index (χ3v) is 10.8. The molecule has 1 nitrogen and oxygen atoms in total. The highest BCUT2D eigenvalue weighted by molar-refractivity contribution is 7.26. The van der Waals surface area contributed by atoms with Crippen LogP contribution in [0.3, 0.4) is 0 Å². The Morgan fingerprint density at radius 3 is 1.92 bits per heavy atom. The zero-order valence-electron chi connectivity index (χ0n) is 20.7. The second kappa shape index (κ2) is 7.15. The van der Waals surface area contributed by atoms with Gasteiger partial charge in [-0.25, -0.2) is 0 Å². The van der Waals surface area contributed by atoms with E-state index in [0.717, 1.165) is 0 Å². The Balaban J connectivity index is 1.64. The highest BCUT2D eigenvalue weighted by Crippen LogP contribution is 2.47. The minimum atomic E-state index is 1.24. The second-order valence-electron chi connectivity index (χ2n) is 10.5. The minimum absolute atomic E-state index is 1.24. The molecule has 0 aliphatic carbocycles. The number of nitrogens with zero attached hydrogens (tertiary/aromatic N) is 1. The summed E-state index contributed by atoms with van der Waals surface area (Å²) in [6.07, 6.45) is 0. The summed E-state index contributed by atoms with van der Waals surface area (Å²) < 4.78 is 7.95. The molecule has 10 rings (SSSR count). The predicted octanol–water partition coefficient (Wildman–Crippen LogP) is 11.3. The molecule has 3 heteroatoms. The minimum Gasteiger partial charge on any atom is -0.308 e. The Kier molecular flexibility index (Phi) is 3.76. The molecule has 4 heterocycles. The number of para-hydroxylation sites is 1. The van der Waals surface area contributed by atoms with Gasteiger partial charge in [-0.15, -0.1) is 22.7 Å². The quantitative estimate of drug-likeness (QED) is 0.184. The molecule has 0 unspecified atom stereocenters. The van der Waals surface area contributed by atoms with E-state index in [1.54, 1.807) is 0 Å². The van der Waals surface area contributed by atoms with Crippen LogP contribution in [0.1, 0.15) is 0 Å². The van der Waals surface area contributed by atoms with E-state index in [0.29, 0.717) is 0 Å². The van der Waals surface area contributed by atoms with Crippen LogP contribution in [0.15, 0.2) is 115 Å². The normalized spacial score (nSPS) is 12.6. The summed E-state index contributed by atoms with van der Waals surface area (Å²) >= 11 is 3.81. The molecule has 0 fully saturated rings. The number of aromatic nitrogens is 1. The topological polar surface area (TPSA) is 4.41 Å². The van der Waals surface area contributed by atoms with Gasteiger partial charge in [-0.3, -0.25) is 0 Å².